The van der Waals surface area contributed by atoms with Gasteiger partial charge in [0.2, 0.25) is 5.76 Å². The minimum absolute atomic E-state index is 0.00507. The van der Waals surface area contributed by atoms with Crippen LogP contribution in [-0.2, 0) is 6.42 Å². The fourth-order valence-corrected chi connectivity index (χ4v) is 4.72. The molecule has 7 nitrogen and oxygen atoms in total. The summed E-state index contributed by atoms with van der Waals surface area (Å²) in [6.45, 7) is 0.301. The number of phenolic OH excluding ortho intramolecular Hbond substituents is 1. The van der Waals surface area contributed by atoms with Crippen molar-refractivity contribution >= 4 is 28.5 Å². The molecule has 178 valence electrons. The molecule has 8 heteroatoms. The number of carbonyl (C=O) groups is 1. The van der Waals surface area contributed by atoms with E-state index in [0.717, 1.165) is 5.56 Å². The van der Waals surface area contributed by atoms with Crippen LogP contribution in [0.15, 0.2) is 69.9 Å². The van der Waals surface area contributed by atoms with E-state index in [1.807, 2.05) is 18.2 Å². The molecule has 1 aliphatic heterocycles. The van der Waals surface area contributed by atoms with Crippen molar-refractivity contribution in [2.75, 3.05) is 20.8 Å². The summed E-state index contributed by atoms with van der Waals surface area (Å²) >= 11 is 6.13. The molecule has 1 N–H and O–H groups in total. The third kappa shape index (κ3) is 3.98. The quantitative estimate of drug-likeness (QED) is 0.410. The largest absolute Gasteiger partial charge is 0.508 e. The number of phenols is 1. The van der Waals surface area contributed by atoms with Crippen molar-refractivity contribution in [3.63, 3.8) is 0 Å². The molecule has 1 aliphatic rings. The Balaban J connectivity index is 1.59. The topological polar surface area (TPSA) is 89.2 Å². The molecule has 5 rings (SSSR count). The van der Waals surface area contributed by atoms with Crippen LogP contribution < -0.4 is 14.9 Å². The highest BCUT2D eigenvalue weighted by Gasteiger charge is 2.42. The summed E-state index contributed by atoms with van der Waals surface area (Å²) in [7, 11) is 3.13. The number of hydrogen-bond donors (Lipinski definition) is 1. The Bertz CT molecular complexity index is 1510. The number of benzene rings is 3. The van der Waals surface area contributed by atoms with E-state index < -0.39 is 6.04 Å². The number of aromatic hydroxyl groups is 1. The Morgan fingerprint density at radius 1 is 1.00 bits per heavy atom. The molecule has 0 saturated carbocycles. The van der Waals surface area contributed by atoms with Crippen LogP contribution in [0.2, 0.25) is 5.02 Å². The summed E-state index contributed by atoms with van der Waals surface area (Å²) in [6.07, 6.45) is 0.495. The molecule has 0 saturated heterocycles. The maximum Gasteiger partial charge on any atom is 0.290 e. The van der Waals surface area contributed by atoms with Crippen LogP contribution in [0.25, 0.3) is 11.0 Å². The number of halogens is 1. The number of ether oxygens (including phenoxy) is 2. The van der Waals surface area contributed by atoms with Crippen LogP contribution in [0.1, 0.15) is 33.3 Å². The summed E-state index contributed by atoms with van der Waals surface area (Å²) < 4.78 is 16.6. The van der Waals surface area contributed by atoms with Crippen LogP contribution in [0.3, 0.4) is 0 Å². The molecular weight excluding hydrogens is 470 g/mol. The molecule has 0 spiro atoms. The lowest BCUT2D eigenvalue weighted by Crippen LogP contribution is -2.31. The maximum absolute atomic E-state index is 13.6. The predicted octanol–water partition coefficient (Wildman–Crippen LogP) is 4.96. The Kier molecular flexibility index (Phi) is 5.86. The van der Waals surface area contributed by atoms with Gasteiger partial charge in [-0.25, -0.2) is 0 Å². The zero-order chi connectivity index (χ0) is 24.7. The van der Waals surface area contributed by atoms with E-state index >= 15 is 0 Å². The van der Waals surface area contributed by atoms with Gasteiger partial charge in [0.05, 0.1) is 31.2 Å². The number of amides is 1. The van der Waals surface area contributed by atoms with E-state index in [1.165, 1.54) is 6.07 Å². The summed E-state index contributed by atoms with van der Waals surface area (Å²) in [5.74, 6) is 0.855. The monoisotopic (exact) mass is 491 g/mol. The first-order valence-electron chi connectivity index (χ1n) is 11.0. The molecule has 4 aromatic rings. The van der Waals surface area contributed by atoms with Crippen molar-refractivity contribution in [1.29, 1.82) is 0 Å². The third-order valence-electron chi connectivity index (χ3n) is 6.20. The zero-order valence-corrected chi connectivity index (χ0v) is 19.8. The first kappa shape index (κ1) is 22.8. The number of carbonyl (C=O) groups excluding carboxylic acids is 1. The lowest BCUT2D eigenvalue weighted by Gasteiger charge is -2.25. The van der Waals surface area contributed by atoms with Gasteiger partial charge in [0, 0.05) is 11.6 Å². The Hall–Kier alpha value is -3.97. The highest BCUT2D eigenvalue weighted by Crippen LogP contribution is 2.39. The molecule has 1 atom stereocenters. The van der Waals surface area contributed by atoms with Crippen molar-refractivity contribution in [3.05, 3.63) is 98.4 Å². The minimum Gasteiger partial charge on any atom is -0.508 e. The molecule has 3 aromatic carbocycles. The van der Waals surface area contributed by atoms with E-state index in [9.17, 15) is 14.7 Å². The number of nitrogens with zero attached hydrogens (tertiary/aromatic N) is 1. The average molecular weight is 492 g/mol. The van der Waals surface area contributed by atoms with Crippen molar-refractivity contribution in [2.24, 2.45) is 0 Å². The molecule has 1 amide bonds. The lowest BCUT2D eigenvalue weighted by atomic mass is 9.98. The maximum atomic E-state index is 13.6. The van der Waals surface area contributed by atoms with Gasteiger partial charge in [-0.3, -0.25) is 9.59 Å². The highest BCUT2D eigenvalue weighted by molar-refractivity contribution is 6.31. The summed E-state index contributed by atoms with van der Waals surface area (Å²) in [6, 6.07) is 16.1. The van der Waals surface area contributed by atoms with Crippen molar-refractivity contribution in [1.82, 2.24) is 4.90 Å². The van der Waals surface area contributed by atoms with Gasteiger partial charge in [0.15, 0.2) is 16.9 Å². The predicted molar refractivity (Wildman–Crippen MR) is 132 cm³/mol. The summed E-state index contributed by atoms with van der Waals surface area (Å²) in [5.41, 5.74) is 1.75. The molecule has 0 fully saturated rings. The van der Waals surface area contributed by atoms with Gasteiger partial charge in [0.25, 0.3) is 5.91 Å². The van der Waals surface area contributed by atoms with Crippen LogP contribution >= 0.6 is 11.6 Å². The molecular formula is C27H22ClNO6. The van der Waals surface area contributed by atoms with E-state index in [0.29, 0.717) is 46.0 Å². The van der Waals surface area contributed by atoms with Gasteiger partial charge in [-0.1, -0.05) is 29.8 Å². The van der Waals surface area contributed by atoms with E-state index in [4.69, 9.17) is 25.5 Å². The SMILES string of the molecule is COc1ccc(CCN2C(=O)c3oc4ccc(Cl)cc4c(=O)c3[C@H]2c2cccc(O)c2)cc1OC. The third-order valence-corrected chi connectivity index (χ3v) is 6.44. The minimum atomic E-state index is -0.718. The molecule has 35 heavy (non-hydrogen) atoms. The lowest BCUT2D eigenvalue weighted by molar-refractivity contribution is 0.0730. The fraction of sp³-hybridized carbons (Fsp3) is 0.185. The fourth-order valence-electron chi connectivity index (χ4n) is 4.55. The number of hydrogen-bond acceptors (Lipinski definition) is 6. The van der Waals surface area contributed by atoms with Crippen LogP contribution in [0.5, 0.6) is 17.2 Å². The van der Waals surface area contributed by atoms with Crippen LogP contribution in [0.4, 0.5) is 0 Å². The molecule has 0 bridgehead atoms. The number of methoxy groups -OCH3 is 2. The number of fused-ring (bicyclic) bond motifs is 2. The first-order valence-corrected chi connectivity index (χ1v) is 11.4. The van der Waals surface area contributed by atoms with Crippen molar-refractivity contribution < 1.29 is 23.8 Å². The van der Waals surface area contributed by atoms with Crippen molar-refractivity contribution in [3.8, 4) is 17.2 Å². The first-order chi connectivity index (χ1) is 16.9. The standard InChI is InChI=1S/C27H22ClNO6/c1-33-21-8-6-15(12-22(21)34-2)10-11-29-24(16-4-3-5-18(30)13-16)23-25(31)19-14-17(28)7-9-20(19)35-26(23)27(29)32/h3-9,12-14,24,30H,10-11H2,1-2H3/t24-/m1/s1. The smallest absolute Gasteiger partial charge is 0.290 e. The second kappa shape index (κ2) is 9.00. The average Bonchev–Trinajstić information content (AvgIpc) is 3.14. The van der Waals surface area contributed by atoms with Crippen molar-refractivity contribution in [2.45, 2.75) is 12.5 Å². The van der Waals surface area contributed by atoms with E-state index in [-0.39, 0.29) is 28.4 Å². The molecule has 1 aromatic heterocycles. The molecule has 0 radical (unpaired) electrons. The van der Waals surface area contributed by atoms with Gasteiger partial charge >= 0.3 is 0 Å². The highest BCUT2D eigenvalue weighted by atomic mass is 35.5. The summed E-state index contributed by atoms with van der Waals surface area (Å²) in [4.78, 5) is 28.7. The van der Waals surface area contributed by atoms with Gasteiger partial charge < -0.3 is 23.9 Å². The molecule has 0 unspecified atom stereocenters. The Labute approximate surface area is 206 Å². The van der Waals surface area contributed by atoms with Gasteiger partial charge in [-0.05, 0) is 60.0 Å². The molecule has 0 aliphatic carbocycles. The molecule has 2 heterocycles. The van der Waals surface area contributed by atoms with Gasteiger partial charge in [-0.2, -0.15) is 0 Å². The summed E-state index contributed by atoms with van der Waals surface area (Å²) in [5, 5.41) is 10.8. The zero-order valence-electron chi connectivity index (χ0n) is 19.1. The van der Waals surface area contributed by atoms with E-state index in [2.05, 4.69) is 0 Å². The Morgan fingerprint density at radius 2 is 1.80 bits per heavy atom. The van der Waals surface area contributed by atoms with Crippen LogP contribution in [-0.4, -0.2) is 36.7 Å². The normalized spacial score (nSPS) is 14.9. The second-order valence-electron chi connectivity index (χ2n) is 8.25. The van der Waals surface area contributed by atoms with Gasteiger partial charge in [-0.15, -0.1) is 0 Å². The van der Waals surface area contributed by atoms with Gasteiger partial charge in [0.1, 0.15) is 11.3 Å². The second-order valence-corrected chi connectivity index (χ2v) is 8.69. The Morgan fingerprint density at radius 3 is 2.54 bits per heavy atom. The number of rotatable bonds is 6. The van der Waals surface area contributed by atoms with Crippen LogP contribution in [0, 0.1) is 0 Å². The van der Waals surface area contributed by atoms with E-state index in [1.54, 1.807) is 55.5 Å².